The summed E-state index contributed by atoms with van der Waals surface area (Å²) < 4.78 is 0. The van der Waals surface area contributed by atoms with E-state index in [-0.39, 0.29) is 0 Å². The fraction of sp³-hybridized carbons (Fsp3) is 0.706. The normalized spacial score (nSPS) is 19.5. The van der Waals surface area contributed by atoms with E-state index in [9.17, 15) is 0 Å². The molecular weight excluding hydrogens is 232 g/mol. The molecule has 2 heteroatoms. The van der Waals surface area contributed by atoms with E-state index in [1.807, 2.05) is 0 Å². The molecule has 0 spiro atoms. The van der Waals surface area contributed by atoms with Crippen LogP contribution in [-0.4, -0.2) is 18.1 Å². The minimum Gasteiger partial charge on any atom is -0.357 e. The van der Waals surface area contributed by atoms with E-state index in [2.05, 4.69) is 62.8 Å². The molecule has 1 aromatic heterocycles. The summed E-state index contributed by atoms with van der Waals surface area (Å²) in [5.41, 5.74) is 1.64. The lowest BCUT2D eigenvalue weighted by molar-refractivity contribution is 0.339. The van der Waals surface area contributed by atoms with E-state index >= 15 is 0 Å². The second-order valence-corrected chi connectivity index (χ2v) is 7.21. The van der Waals surface area contributed by atoms with Gasteiger partial charge in [0.2, 0.25) is 0 Å². The number of piperidine rings is 1. The lowest BCUT2D eigenvalue weighted by atomic mass is 9.78. The lowest BCUT2D eigenvalue weighted by Crippen LogP contribution is -2.33. The highest BCUT2D eigenvalue weighted by Crippen LogP contribution is 2.34. The molecule has 1 unspecified atom stereocenters. The van der Waals surface area contributed by atoms with Crippen LogP contribution in [0.3, 0.4) is 0 Å². The van der Waals surface area contributed by atoms with E-state index < -0.39 is 0 Å². The number of anilines is 1. The predicted octanol–water partition coefficient (Wildman–Crippen LogP) is 4.47. The maximum atomic E-state index is 4.69. The highest BCUT2D eigenvalue weighted by Gasteiger charge is 2.22. The molecule has 0 saturated carbocycles. The molecule has 1 atom stereocenters. The summed E-state index contributed by atoms with van der Waals surface area (Å²) in [7, 11) is 0. The van der Waals surface area contributed by atoms with Crippen molar-refractivity contribution in [2.24, 2.45) is 11.3 Å². The van der Waals surface area contributed by atoms with Gasteiger partial charge in [-0.1, -0.05) is 40.7 Å². The summed E-state index contributed by atoms with van der Waals surface area (Å²) in [5, 5.41) is 0. The molecule has 2 rings (SSSR count). The maximum absolute atomic E-state index is 4.69. The van der Waals surface area contributed by atoms with Crippen LogP contribution in [0.4, 0.5) is 5.82 Å². The summed E-state index contributed by atoms with van der Waals surface area (Å²) in [5.74, 6) is 2.56. The van der Waals surface area contributed by atoms with Gasteiger partial charge in [0.05, 0.1) is 0 Å². The summed E-state index contributed by atoms with van der Waals surface area (Å²) in [6.45, 7) is 13.8. The molecule has 1 fully saturated rings. The molecule has 0 amide bonds. The Hall–Kier alpha value is -1.05. The Kier molecular flexibility index (Phi) is 4.17. The van der Waals surface area contributed by atoms with Gasteiger partial charge in [0.1, 0.15) is 5.82 Å². The number of rotatable bonds is 2. The second-order valence-electron chi connectivity index (χ2n) is 7.21. The molecule has 2 heterocycles. The Bertz CT molecular complexity index is 394. The third-order valence-electron chi connectivity index (χ3n) is 4.68. The van der Waals surface area contributed by atoms with Crippen LogP contribution in [-0.2, 0) is 0 Å². The summed E-state index contributed by atoms with van der Waals surface area (Å²) >= 11 is 0. The van der Waals surface area contributed by atoms with Crippen molar-refractivity contribution in [1.29, 1.82) is 0 Å². The van der Waals surface area contributed by atoms with Gasteiger partial charge in [0.15, 0.2) is 0 Å². The molecule has 0 radical (unpaired) electrons. The quantitative estimate of drug-likeness (QED) is 0.780. The average Bonchev–Trinajstić information content (AvgIpc) is 2.38. The monoisotopic (exact) mass is 260 g/mol. The molecule has 106 valence electrons. The van der Waals surface area contributed by atoms with Crippen molar-refractivity contribution < 1.29 is 0 Å². The first kappa shape index (κ1) is 14.4. The van der Waals surface area contributed by atoms with Crippen molar-refractivity contribution in [1.82, 2.24) is 4.98 Å². The zero-order valence-electron chi connectivity index (χ0n) is 13.1. The molecule has 2 nitrogen and oxygen atoms in total. The minimum atomic E-state index is 0.295. The molecule has 1 saturated heterocycles. The van der Waals surface area contributed by atoms with Gasteiger partial charge in [0, 0.05) is 19.3 Å². The largest absolute Gasteiger partial charge is 0.357 e. The number of pyridine rings is 1. The Labute approximate surface area is 118 Å². The van der Waals surface area contributed by atoms with Crippen molar-refractivity contribution in [2.45, 2.75) is 53.4 Å². The molecule has 0 aromatic carbocycles. The Morgan fingerprint density at radius 3 is 2.32 bits per heavy atom. The highest BCUT2D eigenvalue weighted by molar-refractivity contribution is 5.40. The molecule has 1 aliphatic heterocycles. The molecular formula is C17H28N2. The molecule has 19 heavy (non-hydrogen) atoms. The first-order chi connectivity index (χ1) is 8.88. The number of nitrogens with zero attached hydrogens (tertiary/aromatic N) is 2. The van der Waals surface area contributed by atoms with Crippen molar-refractivity contribution in [3.63, 3.8) is 0 Å². The average molecular weight is 260 g/mol. The molecule has 1 aromatic rings. The van der Waals surface area contributed by atoms with Crippen molar-refractivity contribution in [3.8, 4) is 0 Å². The van der Waals surface area contributed by atoms with Crippen LogP contribution >= 0.6 is 0 Å². The van der Waals surface area contributed by atoms with Gasteiger partial charge in [-0.2, -0.15) is 0 Å². The first-order valence-electron chi connectivity index (χ1n) is 7.59. The van der Waals surface area contributed by atoms with Gasteiger partial charge >= 0.3 is 0 Å². The fourth-order valence-corrected chi connectivity index (χ4v) is 2.58. The van der Waals surface area contributed by atoms with Crippen molar-refractivity contribution in [3.05, 3.63) is 23.9 Å². The molecule has 1 aliphatic rings. The highest BCUT2D eigenvalue weighted by atomic mass is 15.2. The number of hydrogen-bond donors (Lipinski definition) is 0. The third-order valence-corrected chi connectivity index (χ3v) is 4.68. The van der Waals surface area contributed by atoms with E-state index in [0.717, 1.165) is 24.8 Å². The van der Waals surface area contributed by atoms with Crippen LogP contribution in [0, 0.1) is 11.3 Å². The Morgan fingerprint density at radius 2 is 1.84 bits per heavy atom. The predicted molar refractivity (Wildman–Crippen MR) is 82.7 cm³/mol. The van der Waals surface area contributed by atoms with E-state index in [1.165, 1.54) is 18.4 Å². The van der Waals surface area contributed by atoms with Crippen LogP contribution < -0.4 is 4.90 Å². The van der Waals surface area contributed by atoms with Crippen LogP contribution in [0.2, 0.25) is 0 Å². The van der Waals surface area contributed by atoms with Crippen LogP contribution in [0.1, 0.15) is 58.9 Å². The SMILES string of the molecule is CC1CCN(c2ccc(C(C)C(C)(C)C)cn2)CC1. The topological polar surface area (TPSA) is 16.1 Å². The van der Waals surface area contributed by atoms with Crippen LogP contribution in [0.5, 0.6) is 0 Å². The van der Waals surface area contributed by atoms with Crippen molar-refractivity contribution >= 4 is 5.82 Å². The smallest absolute Gasteiger partial charge is 0.128 e. The van der Waals surface area contributed by atoms with Gasteiger partial charge in [-0.15, -0.1) is 0 Å². The molecule has 0 bridgehead atoms. The maximum Gasteiger partial charge on any atom is 0.128 e. The summed E-state index contributed by atoms with van der Waals surface area (Å²) in [4.78, 5) is 7.11. The van der Waals surface area contributed by atoms with Gasteiger partial charge in [-0.25, -0.2) is 4.98 Å². The van der Waals surface area contributed by atoms with Gasteiger partial charge in [0.25, 0.3) is 0 Å². The molecule has 0 N–H and O–H groups in total. The number of aromatic nitrogens is 1. The van der Waals surface area contributed by atoms with Gasteiger partial charge in [-0.3, -0.25) is 0 Å². The van der Waals surface area contributed by atoms with E-state index in [1.54, 1.807) is 0 Å². The minimum absolute atomic E-state index is 0.295. The third kappa shape index (κ3) is 3.49. The Balaban J connectivity index is 2.06. The summed E-state index contributed by atoms with van der Waals surface area (Å²) in [6.07, 6.45) is 4.66. The Morgan fingerprint density at radius 1 is 1.21 bits per heavy atom. The fourth-order valence-electron chi connectivity index (χ4n) is 2.58. The van der Waals surface area contributed by atoms with Gasteiger partial charge < -0.3 is 4.90 Å². The van der Waals surface area contributed by atoms with E-state index in [4.69, 9.17) is 0 Å². The van der Waals surface area contributed by atoms with Crippen LogP contribution in [0.15, 0.2) is 18.3 Å². The van der Waals surface area contributed by atoms with Crippen LogP contribution in [0.25, 0.3) is 0 Å². The first-order valence-corrected chi connectivity index (χ1v) is 7.59. The van der Waals surface area contributed by atoms with E-state index in [0.29, 0.717) is 11.3 Å². The van der Waals surface area contributed by atoms with Crippen molar-refractivity contribution in [2.75, 3.05) is 18.0 Å². The zero-order valence-corrected chi connectivity index (χ0v) is 13.1. The zero-order chi connectivity index (χ0) is 14.0. The van der Waals surface area contributed by atoms with Gasteiger partial charge in [-0.05, 0) is 41.7 Å². The second kappa shape index (κ2) is 5.52. The lowest BCUT2D eigenvalue weighted by Gasteiger charge is -2.32. The standard InChI is InChI=1S/C17H28N2/c1-13-8-10-19(11-9-13)16-7-6-15(12-18-16)14(2)17(3,4)5/h6-7,12-14H,8-11H2,1-5H3. The summed E-state index contributed by atoms with van der Waals surface area (Å²) in [6, 6.07) is 4.46. The molecule has 0 aliphatic carbocycles. The number of hydrogen-bond acceptors (Lipinski definition) is 2.